The average molecular weight is 250 g/mol. The molecule has 0 saturated heterocycles. The van der Waals surface area contributed by atoms with Crippen LogP contribution in [0.4, 0.5) is 4.39 Å². The lowest BCUT2D eigenvalue weighted by atomic mass is 9.95. The van der Waals surface area contributed by atoms with Crippen molar-refractivity contribution < 1.29 is 9.18 Å². The van der Waals surface area contributed by atoms with E-state index in [9.17, 15) is 9.18 Å². The summed E-state index contributed by atoms with van der Waals surface area (Å²) in [6.45, 7) is 2.17. The van der Waals surface area contributed by atoms with Gasteiger partial charge in [0.2, 0.25) is 5.91 Å². The molecule has 1 unspecified atom stereocenters. The Kier molecular flexibility index (Phi) is 3.39. The van der Waals surface area contributed by atoms with Crippen molar-refractivity contribution in [2.24, 2.45) is 11.7 Å². The molecule has 1 atom stereocenters. The molecule has 3 nitrogen and oxygen atoms in total. The Labute approximate surface area is 107 Å². The number of nitrogens with two attached hydrogens (primary N) is 1. The fourth-order valence-corrected chi connectivity index (χ4v) is 2.25. The van der Waals surface area contributed by atoms with E-state index in [2.05, 4.69) is 0 Å². The fraction of sp³-hybridized carbons (Fsp3) is 0.500. The second kappa shape index (κ2) is 4.69. The lowest BCUT2D eigenvalue weighted by Crippen LogP contribution is -2.53. The van der Waals surface area contributed by atoms with Crippen LogP contribution in [0.1, 0.15) is 25.3 Å². The molecule has 1 fully saturated rings. The largest absolute Gasteiger partial charge is 0.340 e. The number of hydrogen-bond acceptors (Lipinski definition) is 2. The highest BCUT2D eigenvalue weighted by atomic mass is 19.1. The number of nitrogens with zero attached hydrogens (tertiary/aromatic N) is 1. The Bertz CT molecular complexity index is 455. The summed E-state index contributed by atoms with van der Waals surface area (Å²) < 4.78 is 13.1. The third-order valence-corrected chi connectivity index (χ3v) is 3.54. The first-order valence-corrected chi connectivity index (χ1v) is 6.20. The van der Waals surface area contributed by atoms with Gasteiger partial charge in [0, 0.05) is 13.6 Å². The molecule has 1 aliphatic rings. The number of benzene rings is 1. The van der Waals surface area contributed by atoms with Crippen molar-refractivity contribution >= 4 is 5.91 Å². The molecule has 1 aromatic rings. The van der Waals surface area contributed by atoms with E-state index in [1.165, 1.54) is 12.1 Å². The molecule has 1 aliphatic carbocycles. The summed E-state index contributed by atoms with van der Waals surface area (Å²) in [4.78, 5) is 13.8. The molecule has 0 bridgehead atoms. The van der Waals surface area contributed by atoms with Crippen LogP contribution in [0, 0.1) is 11.7 Å². The van der Waals surface area contributed by atoms with Crippen molar-refractivity contribution in [3.8, 4) is 0 Å². The highest BCUT2D eigenvalue weighted by Crippen LogP contribution is 2.38. The Hall–Kier alpha value is -1.42. The molecule has 0 spiro atoms. The second-order valence-electron chi connectivity index (χ2n) is 5.35. The lowest BCUT2D eigenvalue weighted by Gasteiger charge is -2.29. The smallest absolute Gasteiger partial charge is 0.242 e. The highest BCUT2D eigenvalue weighted by Gasteiger charge is 2.45. The van der Waals surface area contributed by atoms with E-state index in [-0.39, 0.29) is 11.7 Å². The van der Waals surface area contributed by atoms with Crippen molar-refractivity contribution in [3.05, 3.63) is 35.6 Å². The number of carbonyl (C=O) groups excluding carboxylic acids is 1. The summed E-state index contributed by atoms with van der Waals surface area (Å²) in [5.74, 6) is -0.0692. The van der Waals surface area contributed by atoms with Gasteiger partial charge in [-0.05, 0) is 43.4 Å². The summed E-state index contributed by atoms with van der Waals surface area (Å²) >= 11 is 0. The standard InChI is InChI=1S/C14H19FN2O/c1-14(16,11-6-7-11)13(18)17(2)9-10-4-3-5-12(15)8-10/h3-5,8,11H,6-7,9,16H2,1-2H3. The maximum absolute atomic E-state index is 13.1. The third-order valence-electron chi connectivity index (χ3n) is 3.54. The van der Waals surface area contributed by atoms with Gasteiger partial charge >= 0.3 is 0 Å². The summed E-state index contributed by atoms with van der Waals surface area (Å²) in [6, 6.07) is 6.28. The van der Waals surface area contributed by atoms with Gasteiger partial charge in [-0.15, -0.1) is 0 Å². The van der Waals surface area contributed by atoms with E-state index in [0.717, 1.165) is 18.4 Å². The van der Waals surface area contributed by atoms with Crippen LogP contribution in [0.5, 0.6) is 0 Å². The molecule has 1 amide bonds. The quantitative estimate of drug-likeness (QED) is 0.887. The fourth-order valence-electron chi connectivity index (χ4n) is 2.25. The zero-order valence-electron chi connectivity index (χ0n) is 10.8. The van der Waals surface area contributed by atoms with Gasteiger partial charge in [-0.25, -0.2) is 4.39 Å². The zero-order valence-corrected chi connectivity index (χ0v) is 10.8. The first-order chi connectivity index (χ1) is 8.41. The van der Waals surface area contributed by atoms with Crippen LogP contribution in [-0.2, 0) is 11.3 Å². The van der Waals surface area contributed by atoms with Gasteiger partial charge in [-0.2, -0.15) is 0 Å². The van der Waals surface area contributed by atoms with Gasteiger partial charge in [0.25, 0.3) is 0 Å². The van der Waals surface area contributed by atoms with Crippen molar-refractivity contribution in [1.29, 1.82) is 0 Å². The highest BCUT2D eigenvalue weighted by molar-refractivity contribution is 5.86. The minimum atomic E-state index is -0.790. The normalized spacial score (nSPS) is 18.2. The van der Waals surface area contributed by atoms with Crippen molar-refractivity contribution in [3.63, 3.8) is 0 Å². The Morgan fingerprint density at radius 3 is 2.78 bits per heavy atom. The predicted octanol–water partition coefficient (Wildman–Crippen LogP) is 1.91. The predicted molar refractivity (Wildman–Crippen MR) is 68.2 cm³/mol. The Morgan fingerprint density at radius 2 is 2.22 bits per heavy atom. The van der Waals surface area contributed by atoms with Crippen LogP contribution in [0.15, 0.2) is 24.3 Å². The van der Waals surface area contributed by atoms with Gasteiger partial charge in [0.1, 0.15) is 5.82 Å². The zero-order chi connectivity index (χ0) is 13.3. The molecule has 0 aliphatic heterocycles. The molecule has 98 valence electrons. The molecule has 0 aromatic heterocycles. The minimum absolute atomic E-state index is 0.0748. The monoisotopic (exact) mass is 250 g/mol. The van der Waals surface area contributed by atoms with Crippen LogP contribution < -0.4 is 5.73 Å². The summed E-state index contributed by atoms with van der Waals surface area (Å²) in [6.07, 6.45) is 2.04. The van der Waals surface area contributed by atoms with Gasteiger partial charge < -0.3 is 10.6 Å². The Morgan fingerprint density at radius 1 is 1.56 bits per heavy atom. The average Bonchev–Trinajstić information content (AvgIpc) is 3.11. The number of carbonyl (C=O) groups is 1. The van der Waals surface area contributed by atoms with Gasteiger partial charge in [0.15, 0.2) is 0 Å². The van der Waals surface area contributed by atoms with Gasteiger partial charge in [-0.3, -0.25) is 4.79 Å². The van der Waals surface area contributed by atoms with Crippen molar-refractivity contribution in [2.45, 2.75) is 31.8 Å². The number of rotatable bonds is 4. The first-order valence-electron chi connectivity index (χ1n) is 6.20. The van der Waals surface area contributed by atoms with E-state index in [1.807, 2.05) is 0 Å². The number of halogens is 1. The molecule has 1 saturated carbocycles. The van der Waals surface area contributed by atoms with E-state index in [0.29, 0.717) is 12.5 Å². The number of likely N-dealkylation sites (N-methyl/N-ethyl adjacent to an activating group) is 1. The summed E-state index contributed by atoms with van der Waals surface area (Å²) in [5, 5.41) is 0. The van der Waals surface area contributed by atoms with Crippen LogP contribution in [0.25, 0.3) is 0 Å². The number of amides is 1. The first kappa shape index (κ1) is 13.0. The van der Waals surface area contributed by atoms with E-state index < -0.39 is 5.54 Å². The van der Waals surface area contributed by atoms with Crippen LogP contribution in [0.2, 0.25) is 0 Å². The van der Waals surface area contributed by atoms with Crippen LogP contribution in [-0.4, -0.2) is 23.4 Å². The summed E-state index contributed by atoms with van der Waals surface area (Å²) in [5.41, 5.74) is 6.07. The number of hydrogen-bond donors (Lipinski definition) is 1. The molecule has 4 heteroatoms. The molecule has 2 N–H and O–H groups in total. The minimum Gasteiger partial charge on any atom is -0.340 e. The second-order valence-corrected chi connectivity index (χ2v) is 5.35. The molecule has 18 heavy (non-hydrogen) atoms. The molecule has 0 radical (unpaired) electrons. The Balaban J connectivity index is 2.03. The molecule has 0 heterocycles. The maximum atomic E-state index is 13.1. The van der Waals surface area contributed by atoms with E-state index >= 15 is 0 Å². The molecular formula is C14H19FN2O. The van der Waals surface area contributed by atoms with Crippen LogP contribution in [0.3, 0.4) is 0 Å². The molecular weight excluding hydrogens is 231 g/mol. The van der Waals surface area contributed by atoms with E-state index in [4.69, 9.17) is 5.73 Å². The van der Waals surface area contributed by atoms with Crippen molar-refractivity contribution in [1.82, 2.24) is 4.90 Å². The summed E-state index contributed by atoms with van der Waals surface area (Å²) in [7, 11) is 1.71. The van der Waals surface area contributed by atoms with Crippen LogP contribution >= 0.6 is 0 Å². The lowest BCUT2D eigenvalue weighted by molar-refractivity contribution is -0.136. The van der Waals surface area contributed by atoms with Gasteiger partial charge in [0.05, 0.1) is 5.54 Å². The van der Waals surface area contributed by atoms with Crippen molar-refractivity contribution in [2.75, 3.05) is 7.05 Å². The van der Waals surface area contributed by atoms with E-state index in [1.54, 1.807) is 31.0 Å². The SMILES string of the molecule is CN(Cc1cccc(F)c1)C(=O)C(C)(N)C1CC1. The topological polar surface area (TPSA) is 46.3 Å². The third kappa shape index (κ3) is 2.70. The molecule has 1 aromatic carbocycles. The maximum Gasteiger partial charge on any atom is 0.242 e. The van der Waals surface area contributed by atoms with Gasteiger partial charge in [-0.1, -0.05) is 12.1 Å². The molecule has 2 rings (SSSR count).